The minimum absolute atomic E-state index is 0.539. The third-order valence-corrected chi connectivity index (χ3v) is 2.12. The standard InChI is InChI=1S/C7H15NO/c1-8-5-6-3-4-7(6)9-2/h6-8H,3-5H2,1-2H3/t6-,7+/m1/s1. The van der Waals surface area contributed by atoms with Gasteiger partial charge in [-0.25, -0.2) is 0 Å². The molecule has 0 bridgehead atoms. The second-order valence-corrected chi connectivity index (χ2v) is 2.67. The van der Waals surface area contributed by atoms with Crippen molar-refractivity contribution in [3.8, 4) is 0 Å². The van der Waals surface area contributed by atoms with Gasteiger partial charge in [-0.1, -0.05) is 0 Å². The number of hydrogen-bond acceptors (Lipinski definition) is 2. The largest absolute Gasteiger partial charge is 0.381 e. The molecule has 1 aliphatic carbocycles. The molecule has 0 saturated heterocycles. The van der Waals surface area contributed by atoms with Crippen LogP contribution >= 0.6 is 0 Å². The molecule has 54 valence electrons. The Morgan fingerprint density at radius 1 is 1.56 bits per heavy atom. The molecule has 1 saturated carbocycles. The van der Waals surface area contributed by atoms with E-state index in [1.165, 1.54) is 12.8 Å². The molecule has 0 aromatic rings. The van der Waals surface area contributed by atoms with Crippen molar-refractivity contribution in [2.75, 3.05) is 20.7 Å². The van der Waals surface area contributed by atoms with Gasteiger partial charge in [-0.15, -0.1) is 0 Å². The van der Waals surface area contributed by atoms with E-state index >= 15 is 0 Å². The minimum Gasteiger partial charge on any atom is -0.381 e. The van der Waals surface area contributed by atoms with Gasteiger partial charge in [-0.05, 0) is 25.8 Å². The second-order valence-electron chi connectivity index (χ2n) is 2.67. The quantitative estimate of drug-likeness (QED) is 0.603. The van der Waals surface area contributed by atoms with Gasteiger partial charge in [0.25, 0.3) is 0 Å². The van der Waals surface area contributed by atoms with Crippen molar-refractivity contribution >= 4 is 0 Å². The normalized spacial score (nSPS) is 34.0. The van der Waals surface area contributed by atoms with E-state index in [2.05, 4.69) is 5.32 Å². The fraction of sp³-hybridized carbons (Fsp3) is 1.00. The van der Waals surface area contributed by atoms with Crippen molar-refractivity contribution in [3.05, 3.63) is 0 Å². The zero-order valence-electron chi connectivity index (χ0n) is 6.18. The van der Waals surface area contributed by atoms with Crippen LogP contribution in [0.3, 0.4) is 0 Å². The average molecular weight is 129 g/mol. The molecule has 0 aromatic heterocycles. The Morgan fingerprint density at radius 3 is 2.67 bits per heavy atom. The van der Waals surface area contributed by atoms with Gasteiger partial charge in [0.1, 0.15) is 0 Å². The Labute approximate surface area is 56.6 Å². The maximum absolute atomic E-state index is 5.21. The van der Waals surface area contributed by atoms with Crippen molar-refractivity contribution in [1.82, 2.24) is 5.32 Å². The van der Waals surface area contributed by atoms with Crippen LogP contribution in [0, 0.1) is 5.92 Å². The third kappa shape index (κ3) is 1.43. The van der Waals surface area contributed by atoms with Crippen LogP contribution in [-0.4, -0.2) is 26.8 Å². The Hall–Kier alpha value is -0.0800. The fourth-order valence-electron chi connectivity index (χ4n) is 1.34. The number of ether oxygens (including phenoxy) is 1. The molecule has 0 aromatic carbocycles. The van der Waals surface area contributed by atoms with Gasteiger partial charge >= 0.3 is 0 Å². The van der Waals surface area contributed by atoms with Crippen molar-refractivity contribution < 1.29 is 4.74 Å². The Bertz CT molecular complexity index is 83.0. The topological polar surface area (TPSA) is 21.3 Å². The van der Waals surface area contributed by atoms with Gasteiger partial charge in [0.15, 0.2) is 0 Å². The molecule has 0 spiro atoms. The summed E-state index contributed by atoms with van der Waals surface area (Å²) in [4.78, 5) is 0. The lowest BCUT2D eigenvalue weighted by Crippen LogP contribution is -2.39. The van der Waals surface area contributed by atoms with E-state index < -0.39 is 0 Å². The summed E-state index contributed by atoms with van der Waals surface area (Å²) in [5.41, 5.74) is 0. The average Bonchev–Trinajstić information content (AvgIpc) is 1.82. The summed E-state index contributed by atoms with van der Waals surface area (Å²) in [6.45, 7) is 1.11. The molecular formula is C7H15NO. The first-order valence-electron chi connectivity index (χ1n) is 3.56. The maximum Gasteiger partial charge on any atom is 0.0611 e. The summed E-state index contributed by atoms with van der Waals surface area (Å²) >= 11 is 0. The zero-order valence-corrected chi connectivity index (χ0v) is 6.18. The number of hydrogen-bond donors (Lipinski definition) is 1. The van der Waals surface area contributed by atoms with Crippen LogP contribution in [0.1, 0.15) is 12.8 Å². The van der Waals surface area contributed by atoms with Gasteiger partial charge < -0.3 is 10.1 Å². The lowest BCUT2D eigenvalue weighted by Gasteiger charge is -2.35. The highest BCUT2D eigenvalue weighted by Crippen LogP contribution is 2.28. The monoisotopic (exact) mass is 129 g/mol. The molecule has 9 heavy (non-hydrogen) atoms. The third-order valence-electron chi connectivity index (χ3n) is 2.12. The number of rotatable bonds is 3. The number of nitrogens with one attached hydrogen (secondary N) is 1. The lowest BCUT2D eigenvalue weighted by atomic mass is 9.82. The predicted octanol–water partition coefficient (Wildman–Crippen LogP) is 0.631. The van der Waals surface area contributed by atoms with Crippen molar-refractivity contribution in [1.29, 1.82) is 0 Å². The Balaban J connectivity index is 2.11. The summed E-state index contributed by atoms with van der Waals surface area (Å²) in [5.74, 6) is 0.778. The Morgan fingerprint density at radius 2 is 2.33 bits per heavy atom. The second kappa shape index (κ2) is 3.18. The van der Waals surface area contributed by atoms with Crippen molar-refractivity contribution in [2.45, 2.75) is 18.9 Å². The molecule has 0 unspecified atom stereocenters. The summed E-state index contributed by atoms with van der Waals surface area (Å²) in [5, 5.41) is 3.15. The first kappa shape index (κ1) is 7.03. The molecule has 0 heterocycles. The van der Waals surface area contributed by atoms with Gasteiger partial charge in [0, 0.05) is 13.7 Å². The van der Waals surface area contributed by atoms with Crippen LogP contribution in [0.5, 0.6) is 0 Å². The van der Waals surface area contributed by atoms with Crippen molar-refractivity contribution in [2.24, 2.45) is 5.92 Å². The summed E-state index contributed by atoms with van der Waals surface area (Å²) in [7, 11) is 3.79. The van der Waals surface area contributed by atoms with Crippen LogP contribution in [0.2, 0.25) is 0 Å². The van der Waals surface area contributed by atoms with Crippen LogP contribution in [-0.2, 0) is 4.74 Å². The van der Waals surface area contributed by atoms with E-state index in [0.717, 1.165) is 12.5 Å². The molecule has 0 radical (unpaired) electrons. The number of methoxy groups -OCH3 is 1. The fourth-order valence-corrected chi connectivity index (χ4v) is 1.34. The highest BCUT2D eigenvalue weighted by atomic mass is 16.5. The van der Waals surface area contributed by atoms with Crippen LogP contribution in [0.4, 0.5) is 0 Å². The summed E-state index contributed by atoms with van der Waals surface area (Å²) < 4.78 is 5.21. The lowest BCUT2D eigenvalue weighted by molar-refractivity contribution is -0.0146. The molecule has 2 nitrogen and oxygen atoms in total. The first-order valence-corrected chi connectivity index (χ1v) is 3.56. The van der Waals surface area contributed by atoms with E-state index in [9.17, 15) is 0 Å². The molecule has 1 aliphatic rings. The summed E-state index contributed by atoms with van der Waals surface area (Å²) in [6.07, 6.45) is 3.12. The van der Waals surface area contributed by atoms with Gasteiger partial charge in [0.2, 0.25) is 0 Å². The highest BCUT2D eigenvalue weighted by molar-refractivity contribution is 4.82. The molecule has 2 atom stereocenters. The van der Waals surface area contributed by atoms with Gasteiger partial charge in [0.05, 0.1) is 6.10 Å². The van der Waals surface area contributed by atoms with Crippen LogP contribution in [0.25, 0.3) is 0 Å². The molecule has 2 heteroatoms. The van der Waals surface area contributed by atoms with E-state index in [4.69, 9.17) is 4.74 Å². The predicted molar refractivity (Wildman–Crippen MR) is 37.4 cm³/mol. The molecule has 1 fully saturated rings. The maximum atomic E-state index is 5.21. The molecule has 1 N–H and O–H groups in total. The van der Waals surface area contributed by atoms with Gasteiger partial charge in [-0.2, -0.15) is 0 Å². The van der Waals surface area contributed by atoms with E-state index in [1.54, 1.807) is 7.11 Å². The molecule has 1 rings (SSSR count). The van der Waals surface area contributed by atoms with E-state index in [1.807, 2.05) is 7.05 Å². The van der Waals surface area contributed by atoms with Crippen molar-refractivity contribution in [3.63, 3.8) is 0 Å². The molecule has 0 aliphatic heterocycles. The SMILES string of the molecule is CNC[C@H]1CC[C@@H]1OC. The molecule has 0 amide bonds. The minimum atomic E-state index is 0.539. The smallest absolute Gasteiger partial charge is 0.0611 e. The zero-order chi connectivity index (χ0) is 6.69. The van der Waals surface area contributed by atoms with Crippen LogP contribution < -0.4 is 5.32 Å². The Kier molecular flexibility index (Phi) is 2.49. The highest BCUT2D eigenvalue weighted by Gasteiger charge is 2.29. The van der Waals surface area contributed by atoms with E-state index in [0.29, 0.717) is 6.10 Å². The first-order chi connectivity index (χ1) is 4.38. The molecular weight excluding hydrogens is 114 g/mol. The van der Waals surface area contributed by atoms with Gasteiger partial charge in [-0.3, -0.25) is 0 Å². The van der Waals surface area contributed by atoms with Crippen LogP contribution in [0.15, 0.2) is 0 Å². The summed E-state index contributed by atoms with van der Waals surface area (Å²) in [6, 6.07) is 0. The van der Waals surface area contributed by atoms with E-state index in [-0.39, 0.29) is 0 Å².